The summed E-state index contributed by atoms with van der Waals surface area (Å²) in [6, 6.07) is 29.8. The zero-order valence-electron chi connectivity index (χ0n) is 15.2. The first-order valence-electron chi connectivity index (χ1n) is 9.30. The molecule has 0 saturated heterocycles. The van der Waals surface area contributed by atoms with E-state index in [1.54, 1.807) is 6.07 Å². The van der Waals surface area contributed by atoms with Gasteiger partial charge in [0, 0.05) is 17.5 Å². The molecule has 0 unspecified atom stereocenters. The lowest BCUT2D eigenvalue weighted by molar-refractivity contribution is 0.477. The minimum absolute atomic E-state index is 0.235. The number of para-hydroxylation sites is 2. The van der Waals surface area contributed by atoms with Crippen LogP contribution in [0.25, 0.3) is 22.5 Å². The van der Waals surface area contributed by atoms with Crippen LogP contribution < -0.4 is 0 Å². The molecule has 0 aliphatic carbocycles. The first-order valence-corrected chi connectivity index (χ1v) is 9.30. The van der Waals surface area contributed by atoms with Gasteiger partial charge in [0.1, 0.15) is 5.75 Å². The minimum Gasteiger partial charge on any atom is -0.507 e. The van der Waals surface area contributed by atoms with Gasteiger partial charge < -0.3 is 5.11 Å². The second-order valence-electron chi connectivity index (χ2n) is 6.87. The van der Waals surface area contributed by atoms with Crippen LogP contribution in [0.3, 0.4) is 0 Å². The van der Waals surface area contributed by atoms with E-state index in [0.717, 1.165) is 45.9 Å². The Labute approximate surface area is 163 Å². The third-order valence-corrected chi connectivity index (χ3v) is 5.03. The Morgan fingerprint density at radius 2 is 1.43 bits per heavy atom. The Bertz CT molecular complexity index is 1210. The molecule has 0 bridgehead atoms. The van der Waals surface area contributed by atoms with Crippen LogP contribution in [-0.4, -0.2) is 15.8 Å². The second-order valence-corrected chi connectivity index (χ2v) is 6.87. The fourth-order valence-electron chi connectivity index (χ4n) is 3.60. The molecule has 0 atom stereocenters. The number of benzene rings is 3. The number of nitrogens with zero attached hydrogens (tertiary/aromatic N) is 2. The molecular formula is C25H18N2O. The summed E-state index contributed by atoms with van der Waals surface area (Å²) < 4.78 is 0. The van der Waals surface area contributed by atoms with Gasteiger partial charge >= 0.3 is 0 Å². The summed E-state index contributed by atoms with van der Waals surface area (Å²) in [5.41, 5.74) is 7.92. The first kappa shape index (κ1) is 16.5. The van der Waals surface area contributed by atoms with Crippen molar-refractivity contribution in [3.8, 4) is 28.3 Å². The lowest BCUT2D eigenvalue weighted by atomic mass is 10.0. The van der Waals surface area contributed by atoms with Gasteiger partial charge in [0.25, 0.3) is 0 Å². The largest absolute Gasteiger partial charge is 0.507 e. The molecule has 3 aromatic carbocycles. The average molecular weight is 362 g/mol. The van der Waals surface area contributed by atoms with Crippen LogP contribution in [0.4, 0.5) is 5.69 Å². The van der Waals surface area contributed by atoms with Gasteiger partial charge in [0.15, 0.2) is 0 Å². The van der Waals surface area contributed by atoms with Gasteiger partial charge in [-0.2, -0.15) is 0 Å². The van der Waals surface area contributed by atoms with Gasteiger partial charge in [-0.05, 0) is 47.5 Å². The summed E-state index contributed by atoms with van der Waals surface area (Å²) in [5, 5.41) is 10.1. The molecule has 1 aliphatic heterocycles. The van der Waals surface area contributed by atoms with E-state index in [4.69, 9.17) is 9.98 Å². The molecular weight excluding hydrogens is 344 g/mol. The van der Waals surface area contributed by atoms with E-state index in [0.29, 0.717) is 0 Å². The highest BCUT2D eigenvalue weighted by atomic mass is 16.3. The number of aromatic hydroxyl groups is 1. The van der Waals surface area contributed by atoms with Crippen molar-refractivity contribution < 1.29 is 5.11 Å². The predicted molar refractivity (Wildman–Crippen MR) is 113 cm³/mol. The number of rotatable bonds is 3. The lowest BCUT2D eigenvalue weighted by Crippen LogP contribution is -2.00. The number of fused-ring (bicyclic) bond motifs is 1. The molecule has 0 radical (unpaired) electrons. The summed E-state index contributed by atoms with van der Waals surface area (Å²) in [7, 11) is 0. The number of hydrogen-bond donors (Lipinski definition) is 1. The van der Waals surface area contributed by atoms with Gasteiger partial charge in [0.05, 0.1) is 22.8 Å². The molecule has 2 heterocycles. The fraction of sp³-hybridized carbons (Fsp3) is 0.0400. The zero-order chi connectivity index (χ0) is 18.9. The molecule has 1 N–H and O–H groups in total. The summed E-state index contributed by atoms with van der Waals surface area (Å²) in [6.45, 7) is 0. The van der Waals surface area contributed by atoms with Crippen LogP contribution in [0.1, 0.15) is 11.1 Å². The van der Waals surface area contributed by atoms with Crippen molar-refractivity contribution in [1.29, 1.82) is 0 Å². The Kier molecular flexibility index (Phi) is 3.99. The van der Waals surface area contributed by atoms with Crippen molar-refractivity contribution >= 4 is 11.4 Å². The quantitative estimate of drug-likeness (QED) is 0.501. The van der Waals surface area contributed by atoms with Crippen molar-refractivity contribution in [2.45, 2.75) is 6.42 Å². The molecule has 28 heavy (non-hydrogen) atoms. The molecule has 4 aromatic rings. The van der Waals surface area contributed by atoms with Gasteiger partial charge in [-0.1, -0.05) is 54.6 Å². The Morgan fingerprint density at radius 3 is 2.32 bits per heavy atom. The Hall–Kier alpha value is -3.72. The average Bonchev–Trinajstić information content (AvgIpc) is 3.19. The van der Waals surface area contributed by atoms with E-state index < -0.39 is 0 Å². The van der Waals surface area contributed by atoms with Gasteiger partial charge in [-0.25, -0.2) is 4.98 Å². The van der Waals surface area contributed by atoms with Crippen LogP contribution in [0.2, 0.25) is 0 Å². The highest BCUT2D eigenvalue weighted by molar-refractivity contribution is 6.07. The summed E-state index contributed by atoms with van der Waals surface area (Å²) in [4.78, 5) is 9.58. The molecule has 1 aliphatic rings. The smallest absolute Gasteiger partial charge is 0.124 e. The van der Waals surface area contributed by atoms with Crippen molar-refractivity contribution in [3.63, 3.8) is 0 Å². The SMILES string of the molecule is Oc1ccccc1-c1cccc(-c2cccc(C3=Nc4ccccc4C3)c2)n1. The van der Waals surface area contributed by atoms with E-state index in [2.05, 4.69) is 36.4 Å². The summed E-state index contributed by atoms with van der Waals surface area (Å²) in [6.07, 6.45) is 0.852. The lowest BCUT2D eigenvalue weighted by Gasteiger charge is -2.08. The number of pyridine rings is 1. The maximum absolute atomic E-state index is 10.1. The zero-order valence-corrected chi connectivity index (χ0v) is 15.2. The van der Waals surface area contributed by atoms with Gasteiger partial charge in [-0.15, -0.1) is 0 Å². The Morgan fingerprint density at radius 1 is 0.679 bits per heavy atom. The van der Waals surface area contributed by atoms with Crippen molar-refractivity contribution in [2.24, 2.45) is 4.99 Å². The van der Waals surface area contributed by atoms with Crippen molar-refractivity contribution in [1.82, 2.24) is 4.98 Å². The molecule has 3 nitrogen and oxygen atoms in total. The van der Waals surface area contributed by atoms with Crippen LogP contribution in [-0.2, 0) is 6.42 Å². The van der Waals surface area contributed by atoms with E-state index in [9.17, 15) is 5.11 Å². The van der Waals surface area contributed by atoms with E-state index in [1.807, 2.05) is 48.5 Å². The topological polar surface area (TPSA) is 45.5 Å². The maximum atomic E-state index is 10.1. The standard InChI is InChI=1S/C25H18N2O/c28-25-14-4-2-10-20(25)23-13-6-12-22(26-23)17-8-5-9-18(15-17)24-16-19-7-1-3-11-21(19)27-24/h1-15,28H,16H2. The number of aliphatic imine (C=N–C) groups is 1. The van der Waals surface area contributed by atoms with E-state index >= 15 is 0 Å². The summed E-state index contributed by atoms with van der Waals surface area (Å²) >= 11 is 0. The van der Waals surface area contributed by atoms with E-state index in [1.165, 1.54) is 5.56 Å². The van der Waals surface area contributed by atoms with Crippen LogP contribution in [0, 0.1) is 0 Å². The van der Waals surface area contributed by atoms with Crippen LogP contribution >= 0.6 is 0 Å². The Balaban J connectivity index is 1.51. The number of phenols is 1. The normalized spacial score (nSPS) is 12.5. The summed E-state index contributed by atoms with van der Waals surface area (Å²) in [5.74, 6) is 0.235. The second kappa shape index (κ2) is 6.78. The van der Waals surface area contributed by atoms with Crippen LogP contribution in [0.15, 0.2) is 96.0 Å². The molecule has 134 valence electrons. The third-order valence-electron chi connectivity index (χ3n) is 5.03. The van der Waals surface area contributed by atoms with Crippen LogP contribution in [0.5, 0.6) is 5.75 Å². The fourth-order valence-corrected chi connectivity index (χ4v) is 3.60. The minimum atomic E-state index is 0.235. The molecule has 1 aromatic heterocycles. The van der Waals surface area contributed by atoms with Crippen molar-refractivity contribution in [3.05, 3.63) is 102 Å². The molecule has 5 rings (SSSR count). The molecule has 0 amide bonds. The van der Waals surface area contributed by atoms with E-state index in [-0.39, 0.29) is 5.75 Å². The molecule has 0 fully saturated rings. The molecule has 3 heteroatoms. The van der Waals surface area contributed by atoms with Crippen molar-refractivity contribution in [2.75, 3.05) is 0 Å². The maximum Gasteiger partial charge on any atom is 0.124 e. The monoisotopic (exact) mass is 362 g/mol. The highest BCUT2D eigenvalue weighted by Crippen LogP contribution is 2.31. The molecule has 0 saturated carbocycles. The molecule has 0 spiro atoms. The number of aromatic nitrogens is 1. The predicted octanol–water partition coefficient (Wildman–Crippen LogP) is 5.80. The van der Waals surface area contributed by atoms with Gasteiger partial charge in [-0.3, -0.25) is 4.99 Å². The van der Waals surface area contributed by atoms with Gasteiger partial charge in [0.2, 0.25) is 0 Å². The highest BCUT2D eigenvalue weighted by Gasteiger charge is 2.16. The first-order chi connectivity index (χ1) is 13.8. The number of hydrogen-bond acceptors (Lipinski definition) is 3. The third kappa shape index (κ3) is 2.97. The number of phenolic OH excluding ortho intramolecular Hbond substituents is 1.